The molecule has 0 aliphatic rings. The molecule has 0 aromatic heterocycles. The van der Waals surface area contributed by atoms with Crippen LogP contribution in [0.1, 0.15) is 0 Å². The lowest BCUT2D eigenvalue weighted by Gasteiger charge is -2.44. The molecule has 0 fully saturated rings. The van der Waals surface area contributed by atoms with Crippen molar-refractivity contribution in [2.45, 2.75) is 13.1 Å². The largest absolute Gasteiger partial charge is 0.414 e. The zero-order valence-corrected chi connectivity index (χ0v) is 19.0. The summed E-state index contributed by atoms with van der Waals surface area (Å²) in [4.78, 5) is 0. The van der Waals surface area contributed by atoms with Gasteiger partial charge in [0.15, 0.2) is 8.24 Å². The minimum Gasteiger partial charge on any atom is -0.414 e. The molecule has 4 rings (SSSR count). The van der Waals surface area contributed by atoms with Gasteiger partial charge in [-0.3, -0.25) is 0 Å². The van der Waals surface area contributed by atoms with Crippen molar-refractivity contribution in [1.82, 2.24) is 0 Å². The number of benzene rings is 4. The Kier molecular flexibility index (Phi) is 5.79. The average molecular weight is 409 g/mol. The fraction of sp³-hybridized carbons (Fsp3) is 0.0769. The van der Waals surface area contributed by atoms with Crippen molar-refractivity contribution < 1.29 is 0 Å². The molecule has 0 saturated carbocycles. The van der Waals surface area contributed by atoms with Gasteiger partial charge in [-0.2, -0.15) is 0 Å². The molecule has 29 heavy (non-hydrogen) atoms. The Labute approximate surface area is 177 Å². The number of para-hydroxylation sites is 1. The van der Waals surface area contributed by atoms with Crippen molar-refractivity contribution in [2.75, 3.05) is 4.23 Å². The summed E-state index contributed by atoms with van der Waals surface area (Å²) in [6.45, 7) is 4.96. The van der Waals surface area contributed by atoms with Gasteiger partial charge >= 0.3 is 0 Å². The molecule has 0 atom stereocenters. The van der Waals surface area contributed by atoms with E-state index >= 15 is 0 Å². The second-order valence-corrected chi connectivity index (χ2v) is 14.6. The maximum atomic E-state index is 2.79. The molecule has 0 bridgehead atoms. The third-order valence-electron chi connectivity index (χ3n) is 5.37. The van der Waals surface area contributed by atoms with Gasteiger partial charge in [0.1, 0.15) is 0 Å². The summed E-state index contributed by atoms with van der Waals surface area (Å²) in [5.41, 5.74) is 1.31. The number of anilines is 1. The van der Waals surface area contributed by atoms with Crippen LogP contribution in [0.15, 0.2) is 121 Å². The second kappa shape index (κ2) is 8.64. The van der Waals surface area contributed by atoms with E-state index in [2.05, 4.69) is 139 Å². The normalized spacial score (nSPS) is 11.4. The first-order valence-corrected chi connectivity index (χ1v) is 14.5. The Hall–Kier alpha value is -2.89. The Morgan fingerprint density at radius 2 is 0.897 bits per heavy atom. The van der Waals surface area contributed by atoms with Crippen molar-refractivity contribution in [3.8, 4) is 0 Å². The van der Waals surface area contributed by atoms with Gasteiger partial charge in [-0.25, -0.2) is 0 Å². The summed E-state index contributed by atoms with van der Waals surface area (Å²) >= 11 is 0. The Bertz CT molecular complexity index is 980. The number of hydrogen-bond donors (Lipinski definition) is 0. The van der Waals surface area contributed by atoms with Crippen molar-refractivity contribution in [3.63, 3.8) is 0 Å². The Morgan fingerprint density at radius 1 is 0.517 bits per heavy atom. The molecule has 1 nitrogen and oxygen atoms in total. The van der Waals surface area contributed by atoms with Crippen LogP contribution in [0.25, 0.3) is 0 Å². The van der Waals surface area contributed by atoms with E-state index in [0.29, 0.717) is 0 Å². The molecular weight excluding hydrogens is 382 g/mol. The maximum absolute atomic E-state index is 2.79. The highest BCUT2D eigenvalue weighted by Gasteiger charge is 2.39. The van der Waals surface area contributed by atoms with Crippen LogP contribution < -0.4 is 19.8 Å². The Balaban J connectivity index is 1.95. The van der Waals surface area contributed by atoms with Gasteiger partial charge < -0.3 is 4.23 Å². The molecule has 0 amide bonds. The Morgan fingerprint density at radius 3 is 1.34 bits per heavy atom. The monoisotopic (exact) mass is 408 g/mol. The number of nitrogens with zero attached hydrogens (tertiary/aromatic N) is 1. The fourth-order valence-electron chi connectivity index (χ4n) is 3.90. The highest BCUT2D eigenvalue weighted by molar-refractivity contribution is 7.07. The zero-order valence-electron chi connectivity index (χ0n) is 17.0. The average Bonchev–Trinajstić information content (AvgIpc) is 2.79. The fourth-order valence-corrected chi connectivity index (χ4v) is 11.6. The minimum absolute atomic E-state index is 1.20. The standard InChI is InChI=1S/C26H26NSi2/c1-29(2,26-21-13-6-14-22-26)27(23-15-7-3-8-16-23)28(24-17-9-4-10-18-24)25-19-11-5-12-20-25/h3-22H,1-2H3. The molecule has 0 aliphatic heterocycles. The molecule has 3 heteroatoms. The first-order chi connectivity index (χ1) is 14.2. The van der Waals surface area contributed by atoms with Gasteiger partial charge in [-0.15, -0.1) is 0 Å². The summed E-state index contributed by atoms with van der Waals surface area (Å²) in [6.07, 6.45) is 0. The minimum atomic E-state index is -2.00. The van der Waals surface area contributed by atoms with E-state index in [-0.39, 0.29) is 0 Å². The van der Waals surface area contributed by atoms with Gasteiger partial charge in [0.2, 0.25) is 8.96 Å². The summed E-state index contributed by atoms with van der Waals surface area (Å²) in [5.74, 6) is 0. The smallest absolute Gasteiger partial charge is 0.233 e. The number of hydrogen-bond acceptors (Lipinski definition) is 1. The molecule has 4 aromatic rings. The summed E-state index contributed by atoms with van der Waals surface area (Å²) in [6, 6.07) is 44.1. The van der Waals surface area contributed by atoms with Crippen molar-refractivity contribution in [3.05, 3.63) is 121 Å². The lowest BCUT2D eigenvalue weighted by molar-refractivity contribution is 1.43. The predicted molar refractivity (Wildman–Crippen MR) is 130 cm³/mol. The van der Waals surface area contributed by atoms with E-state index in [1.165, 1.54) is 21.2 Å². The summed E-state index contributed by atoms with van der Waals surface area (Å²) in [5, 5.41) is 4.30. The topological polar surface area (TPSA) is 3.24 Å². The van der Waals surface area contributed by atoms with E-state index < -0.39 is 17.2 Å². The number of rotatable bonds is 6. The molecule has 0 unspecified atom stereocenters. The van der Waals surface area contributed by atoms with Gasteiger partial charge in [-0.1, -0.05) is 109 Å². The molecule has 0 saturated heterocycles. The molecule has 0 aliphatic carbocycles. The quantitative estimate of drug-likeness (QED) is 0.427. The van der Waals surface area contributed by atoms with Crippen molar-refractivity contribution >= 4 is 38.4 Å². The van der Waals surface area contributed by atoms with E-state index in [4.69, 9.17) is 0 Å². The molecule has 143 valence electrons. The summed E-state index contributed by atoms with van der Waals surface area (Å²) < 4.78 is 2.79. The van der Waals surface area contributed by atoms with Crippen LogP contribution in [0.2, 0.25) is 13.1 Å². The van der Waals surface area contributed by atoms with Crippen LogP contribution in [0, 0.1) is 0 Å². The predicted octanol–water partition coefficient (Wildman–Crippen LogP) is 4.41. The van der Waals surface area contributed by atoms with Gasteiger partial charge in [0.25, 0.3) is 0 Å². The zero-order chi connectivity index (χ0) is 20.1. The van der Waals surface area contributed by atoms with Crippen LogP contribution >= 0.6 is 0 Å². The van der Waals surface area contributed by atoms with Crippen LogP contribution in [-0.2, 0) is 0 Å². The van der Waals surface area contributed by atoms with Gasteiger partial charge in [0, 0.05) is 5.69 Å². The second-order valence-electron chi connectivity index (χ2n) is 7.68. The lowest BCUT2D eigenvalue weighted by Crippen LogP contribution is -2.70. The van der Waals surface area contributed by atoms with Crippen molar-refractivity contribution in [1.29, 1.82) is 0 Å². The molecule has 1 radical (unpaired) electrons. The molecular formula is C26H26NSi2. The maximum Gasteiger partial charge on any atom is 0.233 e. The molecule has 0 heterocycles. The summed E-state index contributed by atoms with van der Waals surface area (Å²) in [7, 11) is -3.20. The highest BCUT2D eigenvalue weighted by atomic mass is 28.4. The van der Waals surface area contributed by atoms with Crippen LogP contribution in [-0.4, -0.2) is 17.2 Å². The van der Waals surface area contributed by atoms with Gasteiger partial charge in [-0.05, 0) is 40.8 Å². The highest BCUT2D eigenvalue weighted by Crippen LogP contribution is 2.23. The third-order valence-corrected chi connectivity index (χ3v) is 13.3. The first kappa shape index (κ1) is 19.4. The van der Waals surface area contributed by atoms with E-state index in [9.17, 15) is 0 Å². The third kappa shape index (κ3) is 4.11. The van der Waals surface area contributed by atoms with Crippen LogP contribution in [0.5, 0.6) is 0 Å². The van der Waals surface area contributed by atoms with E-state index in [0.717, 1.165) is 0 Å². The first-order valence-electron chi connectivity index (χ1n) is 10.1. The SMILES string of the molecule is C[Si](C)(c1ccccc1)N(c1ccccc1)[Si](c1ccccc1)c1ccccc1. The van der Waals surface area contributed by atoms with Gasteiger partial charge in [0.05, 0.1) is 0 Å². The molecule has 4 aromatic carbocycles. The molecule has 0 N–H and O–H groups in total. The lowest BCUT2D eigenvalue weighted by atomic mass is 10.3. The van der Waals surface area contributed by atoms with Crippen LogP contribution in [0.3, 0.4) is 0 Å². The van der Waals surface area contributed by atoms with Crippen molar-refractivity contribution in [2.24, 2.45) is 0 Å². The molecule has 0 spiro atoms. The van der Waals surface area contributed by atoms with E-state index in [1.54, 1.807) is 0 Å². The van der Waals surface area contributed by atoms with Crippen LogP contribution in [0.4, 0.5) is 5.69 Å². The van der Waals surface area contributed by atoms with E-state index in [1.807, 2.05) is 0 Å².